The molecule has 1 aliphatic rings. The van der Waals surface area contributed by atoms with Crippen LogP contribution in [0.15, 0.2) is 20.0 Å². The second-order valence-corrected chi connectivity index (χ2v) is 8.51. The zero-order valence-corrected chi connectivity index (χ0v) is 19.7. The van der Waals surface area contributed by atoms with Crippen molar-refractivity contribution in [2.45, 2.75) is 72.4 Å². The van der Waals surface area contributed by atoms with Gasteiger partial charge in [0.05, 0.1) is 24.5 Å². The Balaban J connectivity index is 1.37. The number of aliphatic imine (C=N–C) groups is 1. The van der Waals surface area contributed by atoms with Crippen molar-refractivity contribution in [2.24, 2.45) is 10.9 Å². The number of nitrogens with zero attached hydrogens (tertiary/aromatic N) is 4. The van der Waals surface area contributed by atoms with Crippen molar-refractivity contribution in [1.82, 2.24) is 25.7 Å². The molecule has 0 spiro atoms. The highest BCUT2D eigenvalue weighted by atomic mass is 16.5. The first-order valence-electron chi connectivity index (χ1n) is 11.6. The number of aromatic nitrogens is 2. The molecule has 8 nitrogen and oxygen atoms in total. The van der Waals surface area contributed by atoms with Crippen LogP contribution in [0.2, 0.25) is 0 Å². The van der Waals surface area contributed by atoms with Crippen LogP contribution in [-0.2, 0) is 13.1 Å². The topological polar surface area (TPSA) is 91.7 Å². The molecule has 1 saturated heterocycles. The first-order valence-corrected chi connectivity index (χ1v) is 11.6. The highest BCUT2D eigenvalue weighted by molar-refractivity contribution is 5.79. The van der Waals surface area contributed by atoms with Gasteiger partial charge < -0.3 is 19.6 Å². The second kappa shape index (κ2) is 11.3. The van der Waals surface area contributed by atoms with Gasteiger partial charge in [0.1, 0.15) is 5.76 Å². The summed E-state index contributed by atoms with van der Waals surface area (Å²) in [7, 11) is 1.80. The van der Waals surface area contributed by atoms with E-state index in [4.69, 9.17) is 8.94 Å². The molecule has 0 radical (unpaired) electrons. The minimum Gasteiger partial charge on any atom is -0.444 e. The van der Waals surface area contributed by atoms with Crippen LogP contribution in [0.25, 0.3) is 0 Å². The van der Waals surface area contributed by atoms with Gasteiger partial charge >= 0.3 is 0 Å². The summed E-state index contributed by atoms with van der Waals surface area (Å²) in [5.74, 6) is 4.50. The summed E-state index contributed by atoms with van der Waals surface area (Å²) in [6, 6.07) is 2.06. The quantitative estimate of drug-likeness (QED) is 0.462. The van der Waals surface area contributed by atoms with Gasteiger partial charge in [0.2, 0.25) is 5.89 Å². The normalized spacial score (nSPS) is 16.3. The van der Waals surface area contributed by atoms with E-state index >= 15 is 0 Å². The van der Waals surface area contributed by atoms with Gasteiger partial charge in [-0.3, -0.25) is 9.89 Å². The van der Waals surface area contributed by atoms with Crippen molar-refractivity contribution in [2.75, 3.05) is 26.7 Å². The summed E-state index contributed by atoms with van der Waals surface area (Å²) in [6.07, 6.45) is 4.47. The van der Waals surface area contributed by atoms with Crippen molar-refractivity contribution >= 4 is 5.96 Å². The van der Waals surface area contributed by atoms with Crippen molar-refractivity contribution in [1.29, 1.82) is 0 Å². The minimum absolute atomic E-state index is 0.470. The molecule has 2 aromatic heterocycles. The lowest BCUT2D eigenvalue weighted by Crippen LogP contribution is -2.42. The zero-order valence-electron chi connectivity index (χ0n) is 19.7. The molecule has 2 aromatic rings. The summed E-state index contributed by atoms with van der Waals surface area (Å²) < 4.78 is 11.2. The fraction of sp³-hybridized carbons (Fsp3) is 0.696. The maximum absolute atomic E-state index is 5.73. The van der Waals surface area contributed by atoms with Gasteiger partial charge in [0.15, 0.2) is 11.7 Å². The molecule has 3 rings (SSSR count). The lowest BCUT2D eigenvalue weighted by atomic mass is 9.97. The highest BCUT2D eigenvalue weighted by Gasteiger charge is 2.21. The predicted molar refractivity (Wildman–Crippen MR) is 122 cm³/mol. The van der Waals surface area contributed by atoms with Crippen LogP contribution >= 0.6 is 0 Å². The molecule has 0 aliphatic carbocycles. The van der Waals surface area contributed by atoms with Gasteiger partial charge in [-0.05, 0) is 58.5 Å². The van der Waals surface area contributed by atoms with Gasteiger partial charge in [-0.25, -0.2) is 4.98 Å². The van der Waals surface area contributed by atoms with E-state index < -0.39 is 0 Å². The maximum atomic E-state index is 5.73. The van der Waals surface area contributed by atoms with Crippen LogP contribution in [0.1, 0.15) is 74.2 Å². The van der Waals surface area contributed by atoms with Crippen LogP contribution in [-0.4, -0.2) is 47.7 Å². The molecule has 0 atom stereocenters. The average molecular weight is 431 g/mol. The van der Waals surface area contributed by atoms with E-state index in [-0.39, 0.29) is 0 Å². The van der Waals surface area contributed by atoms with Crippen LogP contribution in [0, 0.1) is 19.8 Å². The Morgan fingerprint density at radius 1 is 1.23 bits per heavy atom. The fourth-order valence-electron chi connectivity index (χ4n) is 4.09. The van der Waals surface area contributed by atoms with Crippen LogP contribution < -0.4 is 10.6 Å². The molecular formula is C23H38N6O2. The molecule has 1 fully saturated rings. The van der Waals surface area contributed by atoms with Crippen molar-refractivity contribution in [3.05, 3.63) is 34.9 Å². The molecule has 0 amide bonds. The smallest absolute Gasteiger partial charge is 0.208 e. The van der Waals surface area contributed by atoms with E-state index in [2.05, 4.69) is 50.6 Å². The van der Waals surface area contributed by atoms with E-state index in [1.165, 1.54) is 0 Å². The molecule has 0 saturated carbocycles. The van der Waals surface area contributed by atoms with E-state index in [0.717, 1.165) is 86.6 Å². The highest BCUT2D eigenvalue weighted by Crippen LogP contribution is 2.22. The van der Waals surface area contributed by atoms with E-state index in [1.807, 2.05) is 13.8 Å². The number of oxazole rings is 1. The molecule has 2 N–H and O–H groups in total. The second-order valence-electron chi connectivity index (χ2n) is 8.51. The van der Waals surface area contributed by atoms with Crippen LogP contribution in [0.3, 0.4) is 0 Å². The lowest BCUT2D eigenvalue weighted by Gasteiger charge is -2.31. The van der Waals surface area contributed by atoms with Crippen molar-refractivity contribution in [3.63, 3.8) is 0 Å². The molecule has 3 heterocycles. The summed E-state index contributed by atoms with van der Waals surface area (Å²) in [5, 5.41) is 11.0. The largest absolute Gasteiger partial charge is 0.444 e. The first-order chi connectivity index (χ1) is 15.0. The van der Waals surface area contributed by atoms with Gasteiger partial charge in [-0.1, -0.05) is 19.0 Å². The predicted octanol–water partition coefficient (Wildman–Crippen LogP) is 3.76. The van der Waals surface area contributed by atoms with E-state index in [9.17, 15) is 0 Å². The summed E-state index contributed by atoms with van der Waals surface area (Å²) in [6.45, 7) is 12.8. The number of hydrogen-bond acceptors (Lipinski definition) is 6. The van der Waals surface area contributed by atoms with E-state index in [0.29, 0.717) is 18.4 Å². The molecular weight excluding hydrogens is 392 g/mol. The zero-order chi connectivity index (χ0) is 22.2. The maximum Gasteiger partial charge on any atom is 0.208 e. The molecule has 1 aliphatic heterocycles. The Kier molecular flexibility index (Phi) is 8.51. The van der Waals surface area contributed by atoms with Gasteiger partial charge in [0, 0.05) is 25.6 Å². The van der Waals surface area contributed by atoms with E-state index in [1.54, 1.807) is 7.05 Å². The first kappa shape index (κ1) is 23.3. The number of nitrogens with one attached hydrogen (secondary N) is 2. The number of likely N-dealkylation sites (tertiary alicyclic amines) is 1. The molecule has 0 aromatic carbocycles. The minimum atomic E-state index is 0.470. The lowest BCUT2D eigenvalue weighted by molar-refractivity contribution is 0.164. The van der Waals surface area contributed by atoms with Crippen LogP contribution in [0.5, 0.6) is 0 Å². The third kappa shape index (κ3) is 6.56. The monoisotopic (exact) mass is 430 g/mol. The number of rotatable bonds is 9. The van der Waals surface area contributed by atoms with Gasteiger partial charge in [0.25, 0.3) is 0 Å². The molecule has 172 valence electrons. The third-order valence-electron chi connectivity index (χ3n) is 6.33. The molecule has 31 heavy (non-hydrogen) atoms. The van der Waals surface area contributed by atoms with Gasteiger partial charge in [-0.15, -0.1) is 0 Å². The third-order valence-corrected chi connectivity index (χ3v) is 6.33. The summed E-state index contributed by atoms with van der Waals surface area (Å²) in [4.78, 5) is 11.3. The molecule has 0 unspecified atom stereocenters. The fourth-order valence-corrected chi connectivity index (χ4v) is 4.09. The van der Waals surface area contributed by atoms with Crippen LogP contribution in [0.4, 0.5) is 0 Å². The molecule has 8 heteroatoms. The van der Waals surface area contributed by atoms with Gasteiger partial charge in [-0.2, -0.15) is 0 Å². The van der Waals surface area contributed by atoms with Crippen molar-refractivity contribution in [3.8, 4) is 0 Å². The molecule has 0 bridgehead atoms. The number of guanidine groups is 1. The SMILES string of the molecule is CCC(CC)c1cc(CNC(=NC)NCC2CCN(Cc3nc(C)c(C)o3)CC2)on1. The summed E-state index contributed by atoms with van der Waals surface area (Å²) >= 11 is 0. The Hall–Kier alpha value is -2.35. The average Bonchev–Trinajstić information content (AvgIpc) is 3.36. The number of piperidine rings is 1. The Labute approximate surface area is 185 Å². The summed E-state index contributed by atoms with van der Waals surface area (Å²) in [5.41, 5.74) is 2.04. The van der Waals surface area contributed by atoms with Crippen molar-refractivity contribution < 1.29 is 8.94 Å². The Bertz CT molecular complexity index is 811. The standard InChI is InChI=1S/C23H38N6O2/c1-6-19(7-2)21-12-20(31-28-21)14-26-23(24-5)25-13-18-8-10-29(11-9-18)15-22-27-16(3)17(4)30-22/h12,18-19H,6-11,13-15H2,1-5H3,(H2,24,25,26). The Morgan fingerprint density at radius 3 is 2.58 bits per heavy atom. The Morgan fingerprint density at radius 2 is 1.97 bits per heavy atom. The number of hydrogen-bond donors (Lipinski definition) is 2. The number of aryl methyl sites for hydroxylation is 2.